The fraction of sp³-hybridized carbons (Fsp3) is 0.667. The van der Waals surface area contributed by atoms with Crippen LogP contribution in [0.2, 0.25) is 0 Å². The topological polar surface area (TPSA) is 112 Å². The van der Waals surface area contributed by atoms with Gasteiger partial charge in [0, 0.05) is 43.4 Å². The van der Waals surface area contributed by atoms with Gasteiger partial charge in [-0.25, -0.2) is 0 Å². The molecule has 3 fully saturated rings. The predicted octanol–water partition coefficient (Wildman–Crippen LogP) is 0.724. The number of nitrogens with one attached hydrogen (secondary N) is 2. The highest BCUT2D eigenvalue weighted by Gasteiger charge is 2.54. The van der Waals surface area contributed by atoms with Crippen LogP contribution in [0.1, 0.15) is 55.2 Å². The Morgan fingerprint density at radius 3 is 2.55 bits per heavy atom. The second-order valence-electron chi connectivity index (χ2n) is 8.95. The minimum Gasteiger partial charge on any atom is -0.388 e. The van der Waals surface area contributed by atoms with Crippen LogP contribution in [-0.2, 0) is 9.53 Å². The molecule has 2 amide bonds. The molecular formula is C21H29N3O5. The molecule has 1 spiro atoms. The lowest BCUT2D eigenvalue weighted by Gasteiger charge is -2.53. The van der Waals surface area contributed by atoms with Gasteiger partial charge in [-0.1, -0.05) is 0 Å². The molecule has 8 heteroatoms. The number of nitrogens with zero attached hydrogens (tertiary/aromatic N) is 1. The van der Waals surface area contributed by atoms with Crippen molar-refractivity contribution in [3.63, 3.8) is 0 Å². The summed E-state index contributed by atoms with van der Waals surface area (Å²) in [6, 6.07) is 2.76. The molecule has 2 atom stereocenters. The molecule has 1 saturated carbocycles. The smallest absolute Gasteiger partial charge is 0.270 e. The molecule has 29 heavy (non-hydrogen) atoms. The molecule has 1 aromatic heterocycles. The highest BCUT2D eigenvalue weighted by Crippen LogP contribution is 2.41. The van der Waals surface area contributed by atoms with E-state index in [1.807, 2.05) is 6.92 Å². The quantitative estimate of drug-likeness (QED) is 0.689. The van der Waals surface area contributed by atoms with Crippen molar-refractivity contribution in [1.29, 1.82) is 0 Å². The highest BCUT2D eigenvalue weighted by atomic mass is 16.5. The van der Waals surface area contributed by atoms with Crippen LogP contribution in [0.25, 0.3) is 0 Å². The summed E-state index contributed by atoms with van der Waals surface area (Å²) in [4.78, 5) is 41.5. The minimum atomic E-state index is -0.845. The third kappa shape index (κ3) is 3.83. The van der Waals surface area contributed by atoms with Gasteiger partial charge < -0.3 is 25.0 Å². The maximum atomic E-state index is 12.8. The number of piperidine rings is 1. The Bertz CT molecular complexity index is 869. The maximum absolute atomic E-state index is 12.8. The number of hydrogen-bond donors (Lipinski definition) is 3. The molecule has 3 N–H and O–H groups in total. The van der Waals surface area contributed by atoms with Crippen molar-refractivity contribution >= 4 is 11.8 Å². The molecule has 2 saturated heterocycles. The Morgan fingerprint density at radius 1 is 1.24 bits per heavy atom. The Kier molecular flexibility index (Phi) is 5.02. The van der Waals surface area contributed by atoms with Crippen molar-refractivity contribution in [2.24, 2.45) is 5.92 Å². The Labute approximate surface area is 169 Å². The van der Waals surface area contributed by atoms with E-state index in [1.165, 1.54) is 12.1 Å². The number of aliphatic hydroxyl groups is 1. The van der Waals surface area contributed by atoms with E-state index in [0.29, 0.717) is 44.7 Å². The standard InChI is InChI=1S/C21H29N3O5/c1-13-11-15(25)12-16(22-13)18(27)24-8-5-21(6-9-24)19(28)20(2,7-10-29-21)23-17(26)14-3-4-14/h11-12,14,19,28H,3-10H2,1-2H3,(H,22,25)(H,23,26)/t19-,20+/m0/s1. The molecule has 3 heterocycles. The number of aromatic amines is 1. The SMILES string of the molecule is Cc1cc(=O)cc(C(=O)N2CCC3(CC2)OCC[C@@](C)(NC(=O)C2CC2)[C@@H]3O)[nH]1. The average Bonchev–Trinajstić information content (AvgIpc) is 3.51. The second-order valence-corrected chi connectivity index (χ2v) is 8.95. The Morgan fingerprint density at radius 2 is 1.93 bits per heavy atom. The largest absolute Gasteiger partial charge is 0.388 e. The number of carbonyl (C=O) groups is 2. The molecule has 1 aromatic rings. The predicted molar refractivity (Wildman–Crippen MR) is 106 cm³/mol. The number of H-pyrrole nitrogens is 1. The van der Waals surface area contributed by atoms with E-state index in [9.17, 15) is 19.5 Å². The molecule has 2 aliphatic heterocycles. The summed E-state index contributed by atoms with van der Waals surface area (Å²) in [5.41, 5.74) is -0.793. The molecule has 4 rings (SSSR count). The molecule has 0 radical (unpaired) electrons. The first-order chi connectivity index (χ1) is 13.7. The van der Waals surface area contributed by atoms with Crippen molar-refractivity contribution in [3.8, 4) is 0 Å². The van der Waals surface area contributed by atoms with E-state index in [1.54, 1.807) is 11.8 Å². The number of amides is 2. The Balaban J connectivity index is 1.45. The summed E-state index contributed by atoms with van der Waals surface area (Å²) in [7, 11) is 0. The zero-order chi connectivity index (χ0) is 20.8. The number of likely N-dealkylation sites (tertiary alicyclic amines) is 1. The molecule has 0 aromatic carbocycles. The van der Waals surface area contributed by atoms with Gasteiger partial charge in [-0.2, -0.15) is 0 Å². The first-order valence-electron chi connectivity index (χ1n) is 10.4. The van der Waals surface area contributed by atoms with Crippen LogP contribution < -0.4 is 10.7 Å². The summed E-state index contributed by atoms with van der Waals surface area (Å²) in [5, 5.41) is 14.2. The lowest BCUT2D eigenvalue weighted by atomic mass is 9.73. The van der Waals surface area contributed by atoms with Crippen LogP contribution in [-0.4, -0.2) is 63.7 Å². The van der Waals surface area contributed by atoms with E-state index in [4.69, 9.17) is 4.74 Å². The zero-order valence-corrected chi connectivity index (χ0v) is 17.0. The van der Waals surface area contributed by atoms with Gasteiger partial charge in [-0.05, 0) is 46.0 Å². The summed E-state index contributed by atoms with van der Waals surface area (Å²) < 4.78 is 6.05. The molecule has 3 aliphatic rings. The normalized spacial score (nSPS) is 28.9. The van der Waals surface area contributed by atoms with E-state index >= 15 is 0 Å². The van der Waals surface area contributed by atoms with Crippen molar-refractivity contribution in [2.45, 2.75) is 63.2 Å². The number of carbonyl (C=O) groups excluding carboxylic acids is 2. The number of aliphatic hydroxyl groups excluding tert-OH is 1. The number of ether oxygens (including phenoxy) is 1. The van der Waals surface area contributed by atoms with Gasteiger partial charge in [0.05, 0.1) is 11.1 Å². The third-order valence-electron chi connectivity index (χ3n) is 6.57. The molecule has 0 bridgehead atoms. The maximum Gasteiger partial charge on any atom is 0.270 e. The molecule has 8 nitrogen and oxygen atoms in total. The summed E-state index contributed by atoms with van der Waals surface area (Å²) in [6.45, 7) is 4.91. The zero-order valence-electron chi connectivity index (χ0n) is 17.0. The first-order valence-corrected chi connectivity index (χ1v) is 10.4. The fourth-order valence-corrected chi connectivity index (χ4v) is 4.60. The van der Waals surface area contributed by atoms with Gasteiger partial charge in [-0.15, -0.1) is 0 Å². The number of hydrogen-bond acceptors (Lipinski definition) is 5. The van der Waals surface area contributed by atoms with Gasteiger partial charge in [-0.3, -0.25) is 14.4 Å². The van der Waals surface area contributed by atoms with Crippen LogP contribution in [0.4, 0.5) is 0 Å². The summed E-state index contributed by atoms with van der Waals surface area (Å²) in [6.07, 6.45) is 2.50. The number of pyridine rings is 1. The van der Waals surface area contributed by atoms with Gasteiger partial charge in [0.25, 0.3) is 5.91 Å². The monoisotopic (exact) mass is 403 g/mol. The van der Waals surface area contributed by atoms with Crippen molar-refractivity contribution in [3.05, 3.63) is 33.7 Å². The van der Waals surface area contributed by atoms with Crippen molar-refractivity contribution in [2.75, 3.05) is 19.7 Å². The number of aryl methyl sites for hydroxylation is 1. The first kappa shape index (κ1) is 20.1. The average molecular weight is 403 g/mol. The Hall–Kier alpha value is -2.19. The van der Waals surface area contributed by atoms with Crippen molar-refractivity contribution < 1.29 is 19.4 Å². The van der Waals surface area contributed by atoms with Crippen LogP contribution in [0.15, 0.2) is 16.9 Å². The second kappa shape index (κ2) is 7.25. The number of aromatic nitrogens is 1. The number of rotatable bonds is 3. The van der Waals surface area contributed by atoms with Gasteiger partial charge in [0.2, 0.25) is 5.91 Å². The van der Waals surface area contributed by atoms with E-state index in [2.05, 4.69) is 10.3 Å². The third-order valence-corrected chi connectivity index (χ3v) is 6.57. The van der Waals surface area contributed by atoms with Crippen LogP contribution in [0.5, 0.6) is 0 Å². The van der Waals surface area contributed by atoms with Gasteiger partial charge in [0.1, 0.15) is 11.8 Å². The lowest BCUT2D eigenvalue weighted by molar-refractivity contribution is -0.205. The van der Waals surface area contributed by atoms with Crippen LogP contribution >= 0.6 is 0 Å². The molecule has 158 valence electrons. The summed E-state index contributed by atoms with van der Waals surface area (Å²) in [5.74, 6) is -0.135. The van der Waals surface area contributed by atoms with Crippen molar-refractivity contribution in [1.82, 2.24) is 15.2 Å². The minimum absolute atomic E-state index is 0.0135. The van der Waals surface area contributed by atoms with Crippen LogP contribution in [0, 0.1) is 12.8 Å². The molecule has 1 aliphatic carbocycles. The van der Waals surface area contributed by atoms with Crippen LogP contribution in [0.3, 0.4) is 0 Å². The van der Waals surface area contributed by atoms with E-state index < -0.39 is 17.2 Å². The van der Waals surface area contributed by atoms with Gasteiger partial charge in [0.15, 0.2) is 5.43 Å². The highest BCUT2D eigenvalue weighted by molar-refractivity contribution is 5.92. The van der Waals surface area contributed by atoms with Gasteiger partial charge >= 0.3 is 0 Å². The molecular weight excluding hydrogens is 374 g/mol. The van der Waals surface area contributed by atoms with E-state index in [-0.39, 0.29) is 28.9 Å². The molecule has 0 unspecified atom stereocenters. The summed E-state index contributed by atoms with van der Waals surface area (Å²) >= 11 is 0. The lowest BCUT2D eigenvalue weighted by Crippen LogP contribution is -2.69. The fourth-order valence-electron chi connectivity index (χ4n) is 4.60. The van der Waals surface area contributed by atoms with E-state index in [0.717, 1.165) is 12.8 Å².